The number of aromatic carboxylic acids is 1. The third kappa shape index (κ3) is 2.63. The molecule has 0 saturated heterocycles. The quantitative estimate of drug-likeness (QED) is 0.926. The SMILES string of the molecule is Cc1ccc(S(=O)(=O)c2cccc(C(=O)O)n2)cc1. The molecule has 1 aromatic carbocycles. The molecule has 0 radical (unpaired) electrons. The average Bonchev–Trinajstić information content (AvgIpc) is 2.39. The normalized spacial score (nSPS) is 11.2. The molecule has 0 fully saturated rings. The lowest BCUT2D eigenvalue weighted by Crippen LogP contribution is -2.08. The minimum atomic E-state index is -3.79. The third-order valence-corrected chi connectivity index (χ3v) is 4.22. The van der Waals surface area contributed by atoms with E-state index in [0.717, 1.165) is 5.56 Å². The molecule has 0 spiro atoms. The lowest BCUT2D eigenvalue weighted by Gasteiger charge is -2.04. The summed E-state index contributed by atoms with van der Waals surface area (Å²) in [5.41, 5.74) is 0.638. The largest absolute Gasteiger partial charge is 0.477 e. The molecule has 2 aromatic rings. The van der Waals surface area contributed by atoms with Crippen LogP contribution in [0.5, 0.6) is 0 Å². The minimum absolute atomic E-state index is 0.0909. The number of carbonyl (C=O) groups is 1. The second-order valence-corrected chi connectivity index (χ2v) is 5.88. The fraction of sp³-hybridized carbons (Fsp3) is 0.0769. The first kappa shape index (κ1) is 13.2. The molecule has 1 aromatic heterocycles. The van der Waals surface area contributed by atoms with E-state index in [1.54, 1.807) is 12.1 Å². The summed E-state index contributed by atoms with van der Waals surface area (Å²) < 4.78 is 24.5. The first-order valence-corrected chi connectivity index (χ1v) is 6.92. The molecular formula is C13H11NO4S. The topological polar surface area (TPSA) is 84.3 Å². The molecular weight excluding hydrogens is 266 g/mol. The minimum Gasteiger partial charge on any atom is -0.477 e. The van der Waals surface area contributed by atoms with Gasteiger partial charge >= 0.3 is 5.97 Å². The summed E-state index contributed by atoms with van der Waals surface area (Å²) in [6.45, 7) is 1.85. The van der Waals surface area contributed by atoms with Crippen molar-refractivity contribution < 1.29 is 18.3 Å². The van der Waals surface area contributed by atoms with Crippen LogP contribution in [-0.4, -0.2) is 24.5 Å². The second kappa shape index (κ2) is 4.81. The molecule has 0 aliphatic heterocycles. The number of pyridine rings is 1. The van der Waals surface area contributed by atoms with Crippen molar-refractivity contribution >= 4 is 15.8 Å². The summed E-state index contributed by atoms with van der Waals surface area (Å²) in [5.74, 6) is -1.26. The second-order valence-electron chi connectivity index (χ2n) is 3.98. The van der Waals surface area contributed by atoms with Crippen molar-refractivity contribution in [2.75, 3.05) is 0 Å². The Morgan fingerprint density at radius 1 is 1.11 bits per heavy atom. The van der Waals surface area contributed by atoms with Gasteiger partial charge in [0, 0.05) is 0 Å². The van der Waals surface area contributed by atoms with Gasteiger partial charge in [0.05, 0.1) is 4.90 Å². The number of benzene rings is 1. The molecule has 0 unspecified atom stereocenters. The van der Waals surface area contributed by atoms with Gasteiger partial charge in [-0.2, -0.15) is 0 Å². The van der Waals surface area contributed by atoms with Gasteiger partial charge in [-0.25, -0.2) is 18.2 Å². The molecule has 19 heavy (non-hydrogen) atoms. The lowest BCUT2D eigenvalue weighted by atomic mass is 10.2. The van der Waals surface area contributed by atoms with Gasteiger partial charge in [0.1, 0.15) is 5.69 Å². The first-order valence-electron chi connectivity index (χ1n) is 5.43. The van der Waals surface area contributed by atoms with Crippen molar-refractivity contribution in [2.45, 2.75) is 16.8 Å². The van der Waals surface area contributed by atoms with Crippen molar-refractivity contribution in [1.29, 1.82) is 0 Å². The molecule has 0 amide bonds. The van der Waals surface area contributed by atoms with Crippen LogP contribution in [0.15, 0.2) is 52.4 Å². The van der Waals surface area contributed by atoms with Gasteiger partial charge in [0.15, 0.2) is 5.03 Å². The zero-order valence-electron chi connectivity index (χ0n) is 10.1. The highest BCUT2D eigenvalue weighted by molar-refractivity contribution is 7.91. The zero-order chi connectivity index (χ0) is 14.0. The van der Waals surface area contributed by atoms with E-state index in [2.05, 4.69) is 4.98 Å². The van der Waals surface area contributed by atoms with E-state index < -0.39 is 15.8 Å². The summed E-state index contributed by atoms with van der Waals surface area (Å²) in [6.07, 6.45) is 0. The lowest BCUT2D eigenvalue weighted by molar-refractivity contribution is 0.0689. The van der Waals surface area contributed by atoms with Gasteiger partial charge in [-0.15, -0.1) is 0 Å². The van der Waals surface area contributed by atoms with Crippen LogP contribution < -0.4 is 0 Å². The molecule has 5 nitrogen and oxygen atoms in total. The maximum atomic E-state index is 12.3. The zero-order valence-corrected chi connectivity index (χ0v) is 10.9. The van der Waals surface area contributed by atoms with Gasteiger partial charge < -0.3 is 5.11 Å². The van der Waals surface area contributed by atoms with Crippen LogP contribution in [0.25, 0.3) is 0 Å². The Morgan fingerprint density at radius 2 is 1.74 bits per heavy atom. The van der Waals surface area contributed by atoms with E-state index in [0.29, 0.717) is 0 Å². The van der Waals surface area contributed by atoms with E-state index >= 15 is 0 Å². The fourth-order valence-electron chi connectivity index (χ4n) is 1.52. The molecule has 98 valence electrons. The summed E-state index contributed by atoms with van der Waals surface area (Å²) in [7, 11) is -3.79. The highest BCUT2D eigenvalue weighted by Gasteiger charge is 2.20. The Kier molecular flexibility index (Phi) is 3.35. The van der Waals surface area contributed by atoms with Gasteiger partial charge in [-0.05, 0) is 31.2 Å². The van der Waals surface area contributed by atoms with Gasteiger partial charge in [-0.3, -0.25) is 0 Å². The van der Waals surface area contributed by atoms with E-state index in [1.807, 2.05) is 6.92 Å². The van der Waals surface area contributed by atoms with Crippen molar-refractivity contribution in [3.05, 3.63) is 53.7 Å². The van der Waals surface area contributed by atoms with E-state index in [-0.39, 0.29) is 15.6 Å². The fourth-order valence-corrected chi connectivity index (χ4v) is 2.73. The number of aryl methyl sites for hydroxylation is 1. The van der Waals surface area contributed by atoms with Crippen LogP contribution in [0.3, 0.4) is 0 Å². The van der Waals surface area contributed by atoms with Crippen molar-refractivity contribution in [3.63, 3.8) is 0 Å². The molecule has 0 aliphatic carbocycles. The first-order chi connectivity index (χ1) is 8.91. The Morgan fingerprint density at radius 3 is 2.32 bits per heavy atom. The number of hydrogen-bond acceptors (Lipinski definition) is 4. The predicted molar refractivity (Wildman–Crippen MR) is 67.8 cm³/mol. The molecule has 1 heterocycles. The van der Waals surface area contributed by atoms with Crippen LogP contribution in [0.4, 0.5) is 0 Å². The molecule has 6 heteroatoms. The Labute approximate surface area is 110 Å². The number of nitrogens with zero attached hydrogens (tertiary/aromatic N) is 1. The van der Waals surface area contributed by atoms with Gasteiger partial charge in [0.25, 0.3) is 0 Å². The van der Waals surface area contributed by atoms with Crippen molar-refractivity contribution in [3.8, 4) is 0 Å². The van der Waals surface area contributed by atoms with E-state index in [1.165, 1.54) is 30.3 Å². The summed E-state index contributed by atoms with van der Waals surface area (Å²) >= 11 is 0. The van der Waals surface area contributed by atoms with Crippen LogP contribution >= 0.6 is 0 Å². The summed E-state index contributed by atoms with van der Waals surface area (Å²) in [4.78, 5) is 14.6. The maximum absolute atomic E-state index is 12.3. The molecule has 0 saturated carbocycles. The Bertz CT molecular complexity index is 721. The summed E-state index contributed by atoms with van der Waals surface area (Å²) in [5, 5.41) is 8.56. The number of aromatic nitrogens is 1. The van der Waals surface area contributed by atoms with Crippen molar-refractivity contribution in [2.24, 2.45) is 0 Å². The molecule has 1 N–H and O–H groups in total. The summed E-state index contributed by atoms with van der Waals surface area (Å²) in [6, 6.07) is 10.2. The van der Waals surface area contributed by atoms with Crippen LogP contribution in [-0.2, 0) is 9.84 Å². The van der Waals surface area contributed by atoms with Crippen LogP contribution in [0.1, 0.15) is 16.1 Å². The Balaban J connectivity index is 2.53. The monoisotopic (exact) mass is 277 g/mol. The average molecular weight is 277 g/mol. The third-order valence-electron chi connectivity index (χ3n) is 2.55. The number of rotatable bonds is 3. The standard InChI is InChI=1S/C13H11NO4S/c1-9-5-7-10(8-6-9)19(17,18)12-4-2-3-11(14-12)13(15)16/h2-8H,1H3,(H,15,16). The highest BCUT2D eigenvalue weighted by atomic mass is 32.2. The number of sulfone groups is 1. The maximum Gasteiger partial charge on any atom is 0.354 e. The molecule has 0 atom stereocenters. The molecule has 2 rings (SSSR count). The Hall–Kier alpha value is -2.21. The van der Waals surface area contributed by atoms with Gasteiger partial charge in [-0.1, -0.05) is 23.8 Å². The van der Waals surface area contributed by atoms with E-state index in [4.69, 9.17) is 5.11 Å². The molecule has 0 aliphatic rings. The van der Waals surface area contributed by atoms with Gasteiger partial charge in [0.2, 0.25) is 9.84 Å². The van der Waals surface area contributed by atoms with Crippen LogP contribution in [0.2, 0.25) is 0 Å². The van der Waals surface area contributed by atoms with E-state index in [9.17, 15) is 13.2 Å². The number of carboxylic acids is 1. The smallest absolute Gasteiger partial charge is 0.354 e. The molecule has 0 bridgehead atoms. The number of hydrogen-bond donors (Lipinski definition) is 1. The predicted octanol–water partition coefficient (Wildman–Crippen LogP) is 1.92. The highest BCUT2D eigenvalue weighted by Crippen LogP contribution is 2.19. The van der Waals surface area contributed by atoms with Crippen LogP contribution in [0, 0.1) is 6.92 Å². The number of carboxylic acid groups (broad SMARTS) is 1. The van der Waals surface area contributed by atoms with Crippen molar-refractivity contribution in [1.82, 2.24) is 4.98 Å².